The molecule has 1 saturated heterocycles. The zero-order valence-electron chi connectivity index (χ0n) is 20.6. The highest BCUT2D eigenvalue weighted by Crippen LogP contribution is 2.31. The highest BCUT2D eigenvalue weighted by atomic mass is 32.1. The van der Waals surface area contributed by atoms with Gasteiger partial charge in [0.2, 0.25) is 5.13 Å². The lowest BCUT2D eigenvalue weighted by Crippen LogP contribution is -2.19. The van der Waals surface area contributed by atoms with Crippen LogP contribution in [0.2, 0.25) is 0 Å². The monoisotopic (exact) mass is 513 g/mol. The molecule has 4 aromatic heterocycles. The number of carbonyl (C=O) groups is 2. The number of hydrogen-bond acceptors (Lipinski definition) is 10. The molecule has 1 aliphatic heterocycles. The first-order valence-corrected chi connectivity index (χ1v) is 13.1. The molecule has 4 aromatic rings. The number of pyridine rings is 2. The van der Waals surface area contributed by atoms with E-state index in [2.05, 4.69) is 35.3 Å². The first-order chi connectivity index (χ1) is 18.0. The van der Waals surface area contributed by atoms with Crippen molar-refractivity contribution >= 4 is 28.0 Å². The van der Waals surface area contributed by atoms with Gasteiger partial charge in [0.15, 0.2) is 10.8 Å². The minimum atomic E-state index is -0.0122. The van der Waals surface area contributed by atoms with Gasteiger partial charge in [-0.1, -0.05) is 17.4 Å². The number of Topliss-reactive ketones (excluding diaryl/α,β-unsaturated/α-hetero) is 2. The maximum absolute atomic E-state index is 12.6. The molecule has 188 valence electrons. The highest BCUT2D eigenvalue weighted by molar-refractivity contribution is 7.17. The number of rotatable bonds is 10. The summed E-state index contributed by atoms with van der Waals surface area (Å²) >= 11 is 1.34. The third-order valence-corrected chi connectivity index (χ3v) is 7.36. The van der Waals surface area contributed by atoms with Crippen LogP contribution in [0.4, 0.5) is 5.13 Å². The molecule has 0 N–H and O–H groups in total. The summed E-state index contributed by atoms with van der Waals surface area (Å²) in [5, 5.41) is 18.3. The van der Waals surface area contributed by atoms with Crippen molar-refractivity contribution in [1.82, 2.24) is 30.4 Å². The van der Waals surface area contributed by atoms with E-state index in [-0.39, 0.29) is 30.3 Å². The van der Waals surface area contributed by atoms with Crippen molar-refractivity contribution in [3.63, 3.8) is 0 Å². The average molecular weight is 514 g/mol. The summed E-state index contributed by atoms with van der Waals surface area (Å²) in [6.45, 7) is 3.56. The smallest absolute Gasteiger partial charge is 0.208 e. The fourth-order valence-electron chi connectivity index (χ4n) is 4.37. The largest absolute Gasteiger partial charge is 0.346 e. The second kappa shape index (κ2) is 11.4. The van der Waals surface area contributed by atoms with E-state index in [1.54, 1.807) is 12.4 Å². The van der Waals surface area contributed by atoms with Crippen LogP contribution in [0.15, 0.2) is 54.9 Å². The van der Waals surface area contributed by atoms with Gasteiger partial charge in [-0.3, -0.25) is 19.6 Å². The van der Waals surface area contributed by atoms with Crippen LogP contribution in [0.1, 0.15) is 56.9 Å². The zero-order valence-corrected chi connectivity index (χ0v) is 21.4. The zero-order chi connectivity index (χ0) is 25.6. The second-order valence-electron chi connectivity index (χ2n) is 9.23. The van der Waals surface area contributed by atoms with Crippen LogP contribution in [-0.4, -0.2) is 55.0 Å². The first kappa shape index (κ1) is 24.8. The molecule has 0 amide bonds. The number of aromatic nitrogens is 6. The SMILES string of the molecule is Cc1ccnc(CCC(=O)c2nnc(N3CC[C@@H](c4ccc(CC(=O)Cc5ccccn5)nn4)C3)s2)c1. The highest BCUT2D eigenvalue weighted by Gasteiger charge is 2.28. The summed E-state index contributed by atoms with van der Waals surface area (Å²) < 4.78 is 0. The minimum absolute atomic E-state index is 0.0122. The molecular formula is C27H27N7O2S. The Bertz CT molecular complexity index is 1380. The van der Waals surface area contributed by atoms with Crippen LogP contribution >= 0.6 is 11.3 Å². The van der Waals surface area contributed by atoms with E-state index in [0.717, 1.165) is 47.3 Å². The Kier molecular flexibility index (Phi) is 7.65. The Balaban J connectivity index is 1.13. The summed E-state index contributed by atoms with van der Waals surface area (Å²) in [5.41, 5.74) is 4.35. The molecule has 9 nitrogen and oxygen atoms in total. The van der Waals surface area contributed by atoms with E-state index in [0.29, 0.717) is 23.5 Å². The van der Waals surface area contributed by atoms with Gasteiger partial charge in [0.1, 0.15) is 5.78 Å². The molecule has 0 saturated carbocycles. The van der Waals surface area contributed by atoms with Crippen LogP contribution in [0.5, 0.6) is 0 Å². The molecule has 0 aromatic carbocycles. The number of nitrogens with zero attached hydrogens (tertiary/aromatic N) is 7. The van der Waals surface area contributed by atoms with Crippen LogP contribution in [0, 0.1) is 6.92 Å². The van der Waals surface area contributed by atoms with Crippen molar-refractivity contribution in [3.8, 4) is 0 Å². The fourth-order valence-corrected chi connectivity index (χ4v) is 5.21. The third kappa shape index (κ3) is 6.45. The summed E-state index contributed by atoms with van der Waals surface area (Å²) in [4.78, 5) is 35.7. The standard InChI is InChI=1S/C27H27N7O2S/c1-18-9-12-29-21(14-18)6-8-25(36)26-32-33-27(37-26)34-13-10-19(17-34)24-7-5-22(30-31-24)16-23(35)15-20-4-2-3-11-28-20/h2-5,7,9,11-12,14,19H,6,8,10,13,15-17H2,1H3/t19-/m1/s1. The molecule has 0 spiro atoms. The molecule has 1 aliphatic rings. The van der Waals surface area contributed by atoms with Crippen molar-refractivity contribution in [2.24, 2.45) is 0 Å². The molecule has 0 unspecified atom stereocenters. The van der Waals surface area contributed by atoms with Crippen molar-refractivity contribution in [2.75, 3.05) is 18.0 Å². The first-order valence-electron chi connectivity index (χ1n) is 12.3. The van der Waals surface area contributed by atoms with Crippen molar-refractivity contribution < 1.29 is 9.59 Å². The normalized spacial score (nSPS) is 15.2. The summed E-state index contributed by atoms with van der Waals surface area (Å²) in [6.07, 6.45) is 5.84. The predicted molar refractivity (Wildman–Crippen MR) is 140 cm³/mol. The third-order valence-electron chi connectivity index (χ3n) is 6.33. The average Bonchev–Trinajstić information content (AvgIpc) is 3.59. The molecule has 37 heavy (non-hydrogen) atoms. The van der Waals surface area contributed by atoms with Gasteiger partial charge < -0.3 is 4.90 Å². The molecule has 1 atom stereocenters. The Hall–Kier alpha value is -3.92. The van der Waals surface area contributed by atoms with Gasteiger partial charge >= 0.3 is 0 Å². The van der Waals surface area contributed by atoms with E-state index in [4.69, 9.17) is 0 Å². The van der Waals surface area contributed by atoms with Gasteiger partial charge in [0, 0.05) is 55.6 Å². The van der Waals surface area contributed by atoms with Gasteiger partial charge in [0.05, 0.1) is 17.8 Å². The van der Waals surface area contributed by atoms with Gasteiger partial charge in [-0.15, -0.1) is 10.2 Å². The second-order valence-corrected chi connectivity index (χ2v) is 10.2. The number of hydrogen-bond donors (Lipinski definition) is 0. The lowest BCUT2D eigenvalue weighted by molar-refractivity contribution is -0.117. The van der Waals surface area contributed by atoms with Crippen LogP contribution in [0.3, 0.4) is 0 Å². The van der Waals surface area contributed by atoms with E-state index in [1.165, 1.54) is 11.3 Å². The molecule has 1 fully saturated rings. The molecule has 0 radical (unpaired) electrons. The van der Waals surface area contributed by atoms with Crippen molar-refractivity contribution in [3.05, 3.63) is 88.2 Å². The fraction of sp³-hybridized carbons (Fsp3) is 0.333. The number of ketones is 2. The van der Waals surface area contributed by atoms with Crippen LogP contribution in [0.25, 0.3) is 0 Å². The maximum Gasteiger partial charge on any atom is 0.208 e. The van der Waals surface area contributed by atoms with Gasteiger partial charge in [-0.05, 0) is 61.7 Å². The Morgan fingerprint density at radius 2 is 1.81 bits per heavy atom. The van der Waals surface area contributed by atoms with Crippen molar-refractivity contribution in [1.29, 1.82) is 0 Å². The molecule has 10 heteroatoms. The van der Waals surface area contributed by atoms with E-state index in [1.807, 2.05) is 49.4 Å². The van der Waals surface area contributed by atoms with Gasteiger partial charge in [-0.2, -0.15) is 10.2 Å². The molecule has 5 rings (SSSR count). The predicted octanol–water partition coefficient (Wildman–Crippen LogP) is 3.59. The van der Waals surface area contributed by atoms with E-state index < -0.39 is 0 Å². The quantitative estimate of drug-likeness (QED) is 0.293. The van der Waals surface area contributed by atoms with E-state index in [9.17, 15) is 9.59 Å². The molecule has 5 heterocycles. The summed E-state index contributed by atoms with van der Waals surface area (Å²) in [7, 11) is 0. The molecule has 0 aliphatic carbocycles. The maximum atomic E-state index is 12.6. The van der Waals surface area contributed by atoms with E-state index >= 15 is 0 Å². The van der Waals surface area contributed by atoms with Crippen LogP contribution < -0.4 is 4.90 Å². The number of carbonyl (C=O) groups excluding carboxylic acids is 2. The van der Waals surface area contributed by atoms with Crippen LogP contribution in [-0.2, 0) is 24.1 Å². The molecular weight excluding hydrogens is 486 g/mol. The lowest BCUT2D eigenvalue weighted by Gasteiger charge is -2.13. The summed E-state index contributed by atoms with van der Waals surface area (Å²) in [5.74, 6) is 0.257. The summed E-state index contributed by atoms with van der Waals surface area (Å²) in [6, 6.07) is 13.3. The Labute approximate surface area is 219 Å². The lowest BCUT2D eigenvalue weighted by atomic mass is 10.0. The minimum Gasteiger partial charge on any atom is -0.346 e. The topological polar surface area (TPSA) is 115 Å². The number of aryl methyl sites for hydroxylation is 2. The number of anilines is 1. The molecule has 0 bridgehead atoms. The van der Waals surface area contributed by atoms with Gasteiger partial charge in [0.25, 0.3) is 0 Å². The van der Waals surface area contributed by atoms with Gasteiger partial charge in [-0.25, -0.2) is 0 Å². The Morgan fingerprint density at radius 3 is 2.59 bits per heavy atom. The Morgan fingerprint density at radius 1 is 0.946 bits per heavy atom. The van der Waals surface area contributed by atoms with Crippen molar-refractivity contribution in [2.45, 2.75) is 44.9 Å².